The zero-order valence-corrected chi connectivity index (χ0v) is 14.0. The van der Waals surface area contributed by atoms with Crippen LogP contribution >= 0.6 is 0 Å². The molecule has 0 saturated carbocycles. The van der Waals surface area contributed by atoms with Crippen LogP contribution in [0.5, 0.6) is 5.75 Å². The molecule has 23 heavy (non-hydrogen) atoms. The zero-order valence-electron chi connectivity index (χ0n) is 13.2. The summed E-state index contributed by atoms with van der Waals surface area (Å²) in [6.07, 6.45) is 0. The predicted octanol–water partition coefficient (Wildman–Crippen LogP) is 1.96. The van der Waals surface area contributed by atoms with Gasteiger partial charge in [0.2, 0.25) is 10.0 Å². The van der Waals surface area contributed by atoms with Gasteiger partial charge in [-0.15, -0.1) is 0 Å². The van der Waals surface area contributed by atoms with Gasteiger partial charge in [-0.05, 0) is 32.4 Å². The highest BCUT2D eigenvalue weighted by Gasteiger charge is 2.23. The van der Waals surface area contributed by atoms with Crippen LogP contribution in [-0.2, 0) is 10.0 Å². The Bertz CT molecular complexity index is 825. The fourth-order valence-corrected chi connectivity index (χ4v) is 3.26. The first-order chi connectivity index (χ1) is 10.9. The molecule has 6 nitrogen and oxygen atoms in total. The second-order valence-corrected chi connectivity index (χ2v) is 6.59. The molecule has 2 aromatic rings. The van der Waals surface area contributed by atoms with E-state index in [0.29, 0.717) is 5.69 Å². The lowest BCUT2D eigenvalue weighted by atomic mass is 10.2. The summed E-state index contributed by atoms with van der Waals surface area (Å²) in [6.45, 7) is 5.25. The van der Waals surface area contributed by atoms with Crippen molar-refractivity contribution in [3.8, 4) is 17.6 Å². The molecule has 1 aromatic carbocycles. The average molecular weight is 334 g/mol. The van der Waals surface area contributed by atoms with Crippen molar-refractivity contribution in [1.29, 1.82) is 0 Å². The standard InChI is InChI=1S/C16H18N2O4S/c1-12-8-4-5-9-15(12)21-11-7-6-10-17-23(19,20)16-13(2)18-22-14(16)3/h4-5,8-9,17H,10-11H2,1-3H3. The monoisotopic (exact) mass is 334 g/mol. The number of hydrogen-bond acceptors (Lipinski definition) is 5. The van der Waals surface area contributed by atoms with Crippen molar-refractivity contribution < 1.29 is 17.7 Å². The molecule has 0 aliphatic rings. The minimum atomic E-state index is -3.67. The van der Waals surface area contributed by atoms with Gasteiger partial charge in [-0.3, -0.25) is 0 Å². The predicted molar refractivity (Wildman–Crippen MR) is 85.6 cm³/mol. The Morgan fingerprint density at radius 2 is 1.96 bits per heavy atom. The van der Waals surface area contributed by atoms with E-state index in [0.717, 1.165) is 11.3 Å². The fourth-order valence-electron chi connectivity index (χ4n) is 2.01. The number of nitrogens with zero attached hydrogens (tertiary/aromatic N) is 1. The van der Waals surface area contributed by atoms with Gasteiger partial charge in [0.1, 0.15) is 22.9 Å². The maximum absolute atomic E-state index is 12.1. The number of benzene rings is 1. The van der Waals surface area contributed by atoms with E-state index in [1.165, 1.54) is 0 Å². The molecule has 7 heteroatoms. The second-order valence-electron chi connectivity index (χ2n) is 4.89. The van der Waals surface area contributed by atoms with E-state index >= 15 is 0 Å². The molecular weight excluding hydrogens is 316 g/mol. The highest BCUT2D eigenvalue weighted by atomic mass is 32.2. The van der Waals surface area contributed by atoms with E-state index in [1.54, 1.807) is 13.8 Å². The smallest absolute Gasteiger partial charge is 0.246 e. The van der Waals surface area contributed by atoms with E-state index in [9.17, 15) is 8.42 Å². The lowest BCUT2D eigenvalue weighted by molar-refractivity contribution is 0.367. The Labute approximate surface area is 135 Å². The first kappa shape index (κ1) is 17.1. The number of ether oxygens (including phenoxy) is 1. The Kier molecular flexibility index (Phi) is 5.42. The topological polar surface area (TPSA) is 81.4 Å². The van der Waals surface area contributed by atoms with Crippen LogP contribution in [0.2, 0.25) is 0 Å². The number of aryl methyl sites for hydroxylation is 3. The van der Waals surface area contributed by atoms with Crippen LogP contribution in [0.1, 0.15) is 17.0 Å². The second kappa shape index (κ2) is 7.31. The highest BCUT2D eigenvalue weighted by molar-refractivity contribution is 7.89. The molecule has 0 radical (unpaired) electrons. The Morgan fingerprint density at radius 1 is 1.22 bits per heavy atom. The molecule has 0 saturated heterocycles. The normalized spacial score (nSPS) is 10.9. The van der Waals surface area contributed by atoms with Crippen molar-refractivity contribution >= 4 is 10.0 Å². The molecule has 1 heterocycles. The number of aromatic nitrogens is 1. The van der Waals surface area contributed by atoms with Crippen LogP contribution in [0.25, 0.3) is 0 Å². The van der Waals surface area contributed by atoms with E-state index in [-0.39, 0.29) is 23.8 Å². The number of rotatable bonds is 5. The van der Waals surface area contributed by atoms with Crippen molar-refractivity contribution in [1.82, 2.24) is 9.88 Å². The molecule has 1 aromatic heterocycles. The summed E-state index contributed by atoms with van der Waals surface area (Å²) in [5.74, 6) is 6.50. The summed E-state index contributed by atoms with van der Waals surface area (Å²) in [5, 5.41) is 3.63. The minimum Gasteiger partial charge on any atom is -0.481 e. The van der Waals surface area contributed by atoms with Gasteiger partial charge in [0, 0.05) is 0 Å². The number of nitrogens with one attached hydrogen (secondary N) is 1. The van der Waals surface area contributed by atoms with Gasteiger partial charge >= 0.3 is 0 Å². The molecule has 0 fully saturated rings. The molecule has 0 aliphatic carbocycles. The Morgan fingerprint density at radius 3 is 2.61 bits per heavy atom. The van der Waals surface area contributed by atoms with Crippen molar-refractivity contribution in [3.05, 3.63) is 41.3 Å². The van der Waals surface area contributed by atoms with E-state index in [2.05, 4.69) is 21.7 Å². The highest BCUT2D eigenvalue weighted by Crippen LogP contribution is 2.18. The third-order valence-corrected chi connectivity index (χ3v) is 4.75. The van der Waals surface area contributed by atoms with Gasteiger partial charge < -0.3 is 9.26 Å². The number of para-hydroxylation sites is 1. The summed E-state index contributed by atoms with van der Waals surface area (Å²) < 4.78 is 37.0. The van der Waals surface area contributed by atoms with E-state index in [4.69, 9.17) is 9.26 Å². The van der Waals surface area contributed by atoms with E-state index < -0.39 is 10.0 Å². The first-order valence-corrected chi connectivity index (χ1v) is 8.47. The van der Waals surface area contributed by atoms with Crippen LogP contribution in [0, 0.1) is 32.6 Å². The van der Waals surface area contributed by atoms with Crippen LogP contribution < -0.4 is 9.46 Å². The zero-order chi connectivity index (χ0) is 16.9. The van der Waals surface area contributed by atoms with Crippen molar-refractivity contribution in [2.45, 2.75) is 25.7 Å². The van der Waals surface area contributed by atoms with Crippen molar-refractivity contribution in [2.24, 2.45) is 0 Å². The molecule has 122 valence electrons. The summed E-state index contributed by atoms with van der Waals surface area (Å²) in [5.41, 5.74) is 1.35. The molecule has 0 aliphatic heterocycles. The molecule has 0 atom stereocenters. The lowest BCUT2D eigenvalue weighted by Gasteiger charge is -2.04. The summed E-state index contributed by atoms with van der Waals surface area (Å²) in [4.78, 5) is 0.0652. The molecule has 0 bridgehead atoms. The average Bonchev–Trinajstić information content (AvgIpc) is 2.84. The number of hydrogen-bond donors (Lipinski definition) is 1. The van der Waals surface area contributed by atoms with Crippen molar-refractivity contribution in [3.63, 3.8) is 0 Å². The van der Waals surface area contributed by atoms with Crippen LogP contribution in [0.15, 0.2) is 33.7 Å². The van der Waals surface area contributed by atoms with Gasteiger partial charge in [-0.2, -0.15) is 4.72 Å². The third kappa shape index (κ3) is 4.34. The quantitative estimate of drug-likeness (QED) is 0.845. The molecule has 0 unspecified atom stereocenters. The molecule has 0 amide bonds. The van der Waals surface area contributed by atoms with Gasteiger partial charge in [-0.25, -0.2) is 8.42 Å². The van der Waals surface area contributed by atoms with Gasteiger partial charge in [-0.1, -0.05) is 35.2 Å². The molecule has 2 rings (SSSR count). The van der Waals surface area contributed by atoms with Gasteiger partial charge in [0.05, 0.1) is 6.54 Å². The minimum absolute atomic E-state index is 0.0104. The molecule has 0 spiro atoms. The molecule has 1 N–H and O–H groups in total. The first-order valence-electron chi connectivity index (χ1n) is 6.98. The number of sulfonamides is 1. The third-order valence-electron chi connectivity index (χ3n) is 3.11. The lowest BCUT2D eigenvalue weighted by Crippen LogP contribution is -2.25. The summed E-state index contributed by atoms with van der Waals surface area (Å²) in [6, 6.07) is 7.61. The van der Waals surface area contributed by atoms with Crippen LogP contribution in [0.4, 0.5) is 0 Å². The fraction of sp³-hybridized carbons (Fsp3) is 0.312. The van der Waals surface area contributed by atoms with Crippen LogP contribution in [-0.4, -0.2) is 26.7 Å². The van der Waals surface area contributed by atoms with E-state index in [1.807, 2.05) is 31.2 Å². The van der Waals surface area contributed by atoms with Gasteiger partial charge in [0.15, 0.2) is 5.76 Å². The Balaban J connectivity index is 1.87. The summed E-state index contributed by atoms with van der Waals surface area (Å²) >= 11 is 0. The van der Waals surface area contributed by atoms with Crippen LogP contribution in [0.3, 0.4) is 0 Å². The van der Waals surface area contributed by atoms with Crippen molar-refractivity contribution in [2.75, 3.05) is 13.2 Å². The Hall–Kier alpha value is -2.30. The maximum atomic E-state index is 12.1. The largest absolute Gasteiger partial charge is 0.481 e. The molecular formula is C16H18N2O4S. The van der Waals surface area contributed by atoms with Gasteiger partial charge in [0.25, 0.3) is 0 Å². The summed E-state index contributed by atoms with van der Waals surface area (Å²) in [7, 11) is -3.67. The SMILES string of the molecule is Cc1ccccc1OCC#CCNS(=O)(=O)c1c(C)noc1C. The maximum Gasteiger partial charge on any atom is 0.246 e.